The first-order valence-electron chi connectivity index (χ1n) is 11.2. The Bertz CT molecular complexity index is 1540. The van der Waals surface area contributed by atoms with Gasteiger partial charge in [-0.25, -0.2) is 0 Å². The molecule has 4 aromatic carbocycles. The number of benzene rings is 4. The quantitative estimate of drug-likeness (QED) is 0.269. The smallest absolute Gasteiger partial charge is 0.232 e. The van der Waals surface area contributed by atoms with Crippen molar-refractivity contribution in [2.45, 2.75) is 18.8 Å². The van der Waals surface area contributed by atoms with E-state index in [9.17, 15) is 4.79 Å². The third-order valence-electron chi connectivity index (χ3n) is 7.08. The Balaban J connectivity index is 1.61. The SMILES string of the molecule is COc1ccc(C2=C(C)C(C3C(=O)Nc4c(Br)cc(Br)cc43)c3ccccc32)c2ccccc12. The zero-order valence-electron chi connectivity index (χ0n) is 18.7. The minimum Gasteiger partial charge on any atom is -0.496 e. The Labute approximate surface area is 215 Å². The van der Waals surface area contributed by atoms with Crippen molar-refractivity contribution in [2.24, 2.45) is 0 Å². The second-order valence-electron chi connectivity index (χ2n) is 8.80. The van der Waals surface area contributed by atoms with E-state index in [4.69, 9.17) is 4.74 Å². The molecular weight excluding hydrogens is 554 g/mol. The number of fused-ring (bicyclic) bond motifs is 3. The summed E-state index contributed by atoms with van der Waals surface area (Å²) in [6.07, 6.45) is 0. The van der Waals surface area contributed by atoms with E-state index in [1.54, 1.807) is 7.11 Å². The Morgan fingerprint density at radius 1 is 0.824 bits per heavy atom. The fraction of sp³-hybridized carbons (Fsp3) is 0.138. The van der Waals surface area contributed by atoms with Gasteiger partial charge in [-0.15, -0.1) is 0 Å². The minimum absolute atomic E-state index is 0.0359. The summed E-state index contributed by atoms with van der Waals surface area (Å²) in [5.74, 6) is 0.550. The van der Waals surface area contributed by atoms with Crippen LogP contribution in [-0.2, 0) is 4.79 Å². The number of nitrogens with one attached hydrogen (secondary N) is 1. The molecule has 3 nitrogen and oxygen atoms in total. The summed E-state index contributed by atoms with van der Waals surface area (Å²) in [7, 11) is 1.71. The highest BCUT2D eigenvalue weighted by Gasteiger charge is 2.44. The normalized spacial score (nSPS) is 18.8. The number of methoxy groups -OCH3 is 1. The summed E-state index contributed by atoms with van der Waals surface area (Å²) in [5, 5.41) is 5.36. The average Bonchev–Trinajstić information content (AvgIpc) is 3.31. The van der Waals surface area contributed by atoms with Crippen LogP contribution in [0, 0.1) is 0 Å². The van der Waals surface area contributed by atoms with Gasteiger partial charge in [0, 0.05) is 20.2 Å². The van der Waals surface area contributed by atoms with Gasteiger partial charge in [-0.2, -0.15) is 0 Å². The molecule has 0 saturated carbocycles. The Hall–Kier alpha value is -2.89. The monoisotopic (exact) mass is 573 g/mol. The van der Waals surface area contributed by atoms with Crippen molar-refractivity contribution in [3.8, 4) is 5.75 Å². The largest absolute Gasteiger partial charge is 0.496 e. The lowest BCUT2D eigenvalue weighted by atomic mass is 9.80. The van der Waals surface area contributed by atoms with Crippen LogP contribution in [0.4, 0.5) is 5.69 Å². The molecule has 34 heavy (non-hydrogen) atoms. The molecule has 2 atom stereocenters. The fourth-order valence-electron chi connectivity index (χ4n) is 5.70. The van der Waals surface area contributed by atoms with Gasteiger partial charge in [-0.05, 0) is 74.3 Å². The summed E-state index contributed by atoms with van der Waals surface area (Å²) in [5.41, 5.74) is 7.85. The summed E-state index contributed by atoms with van der Waals surface area (Å²) in [4.78, 5) is 13.4. The van der Waals surface area contributed by atoms with Gasteiger partial charge in [0.2, 0.25) is 5.91 Å². The highest BCUT2D eigenvalue weighted by atomic mass is 79.9. The van der Waals surface area contributed by atoms with E-state index in [-0.39, 0.29) is 17.7 Å². The van der Waals surface area contributed by atoms with Gasteiger partial charge in [-0.3, -0.25) is 4.79 Å². The highest BCUT2D eigenvalue weighted by molar-refractivity contribution is 9.11. The number of carbonyl (C=O) groups is 1. The van der Waals surface area contributed by atoms with Gasteiger partial charge in [0.15, 0.2) is 0 Å². The summed E-state index contributed by atoms with van der Waals surface area (Å²) in [6.45, 7) is 2.18. The van der Waals surface area contributed by atoms with Crippen LogP contribution in [0.15, 0.2) is 87.3 Å². The van der Waals surface area contributed by atoms with Crippen LogP contribution in [0.2, 0.25) is 0 Å². The lowest BCUT2D eigenvalue weighted by molar-refractivity contribution is -0.117. The van der Waals surface area contributed by atoms with E-state index in [1.807, 2.05) is 18.2 Å². The molecule has 0 bridgehead atoms. The Morgan fingerprint density at radius 3 is 2.35 bits per heavy atom. The number of hydrogen-bond acceptors (Lipinski definition) is 2. The van der Waals surface area contributed by atoms with Crippen molar-refractivity contribution < 1.29 is 9.53 Å². The topological polar surface area (TPSA) is 38.3 Å². The fourth-order valence-corrected chi connectivity index (χ4v) is 7.05. The Morgan fingerprint density at radius 2 is 1.56 bits per heavy atom. The van der Waals surface area contributed by atoms with E-state index in [0.717, 1.165) is 42.3 Å². The van der Waals surface area contributed by atoms with Crippen molar-refractivity contribution >= 4 is 59.8 Å². The first kappa shape index (κ1) is 21.6. The number of allylic oxidation sites excluding steroid dienone is 1. The maximum atomic E-state index is 13.4. The molecule has 5 heteroatoms. The third-order valence-corrected chi connectivity index (χ3v) is 8.17. The Kier molecular flexibility index (Phi) is 5.16. The van der Waals surface area contributed by atoms with Crippen molar-refractivity contribution in [1.29, 1.82) is 0 Å². The second-order valence-corrected chi connectivity index (χ2v) is 10.6. The molecule has 0 aromatic heterocycles. The van der Waals surface area contributed by atoms with Crippen LogP contribution < -0.4 is 10.1 Å². The molecule has 0 spiro atoms. The molecule has 1 heterocycles. The van der Waals surface area contributed by atoms with Crippen LogP contribution in [0.3, 0.4) is 0 Å². The molecule has 1 aliphatic carbocycles. The maximum Gasteiger partial charge on any atom is 0.232 e. The highest BCUT2D eigenvalue weighted by Crippen LogP contribution is 2.55. The minimum atomic E-state index is -0.299. The first-order chi connectivity index (χ1) is 16.5. The number of anilines is 1. The maximum absolute atomic E-state index is 13.4. The van der Waals surface area contributed by atoms with Crippen LogP contribution in [-0.4, -0.2) is 13.0 Å². The first-order valence-corrected chi connectivity index (χ1v) is 12.7. The number of halogens is 2. The van der Waals surface area contributed by atoms with Crippen molar-refractivity contribution in [3.05, 3.63) is 110 Å². The zero-order valence-corrected chi connectivity index (χ0v) is 21.8. The predicted octanol–water partition coefficient (Wildman–Crippen LogP) is 8.03. The molecule has 2 aliphatic rings. The molecule has 1 aliphatic heterocycles. The van der Waals surface area contributed by atoms with Gasteiger partial charge in [0.05, 0.1) is 18.7 Å². The van der Waals surface area contributed by atoms with E-state index in [1.165, 1.54) is 22.3 Å². The lowest BCUT2D eigenvalue weighted by Gasteiger charge is -2.21. The third kappa shape index (κ3) is 3.10. The van der Waals surface area contributed by atoms with Crippen LogP contribution in [0.5, 0.6) is 5.75 Å². The number of hydrogen-bond donors (Lipinski definition) is 1. The molecule has 168 valence electrons. The molecule has 2 unspecified atom stereocenters. The summed E-state index contributed by atoms with van der Waals surface area (Å²) < 4.78 is 7.48. The molecule has 0 saturated heterocycles. The van der Waals surface area contributed by atoms with Gasteiger partial charge < -0.3 is 10.1 Å². The van der Waals surface area contributed by atoms with Crippen LogP contribution in [0.1, 0.15) is 41.0 Å². The average molecular weight is 575 g/mol. The van der Waals surface area contributed by atoms with E-state index in [0.29, 0.717) is 0 Å². The molecule has 4 aromatic rings. The number of ether oxygens (including phenoxy) is 1. The predicted molar refractivity (Wildman–Crippen MR) is 145 cm³/mol. The van der Waals surface area contributed by atoms with Gasteiger partial charge >= 0.3 is 0 Å². The molecule has 6 rings (SSSR count). The number of amides is 1. The van der Waals surface area contributed by atoms with Gasteiger partial charge in [-0.1, -0.05) is 76.1 Å². The number of rotatable bonds is 3. The van der Waals surface area contributed by atoms with Gasteiger partial charge in [0.1, 0.15) is 5.75 Å². The number of carbonyl (C=O) groups excluding carboxylic acids is 1. The van der Waals surface area contributed by atoms with E-state index in [2.05, 4.69) is 98.7 Å². The summed E-state index contributed by atoms with van der Waals surface area (Å²) >= 11 is 7.24. The van der Waals surface area contributed by atoms with E-state index >= 15 is 0 Å². The van der Waals surface area contributed by atoms with E-state index < -0.39 is 0 Å². The molecule has 0 fully saturated rings. The second kappa shape index (κ2) is 8.10. The zero-order chi connectivity index (χ0) is 23.6. The molecular formula is C29H21Br2NO2. The summed E-state index contributed by atoms with van der Waals surface area (Å²) in [6, 6.07) is 25.1. The van der Waals surface area contributed by atoms with Crippen molar-refractivity contribution in [1.82, 2.24) is 0 Å². The van der Waals surface area contributed by atoms with Crippen molar-refractivity contribution in [3.63, 3.8) is 0 Å². The van der Waals surface area contributed by atoms with Crippen molar-refractivity contribution in [2.75, 3.05) is 12.4 Å². The van der Waals surface area contributed by atoms with Crippen LogP contribution in [0.25, 0.3) is 16.3 Å². The molecule has 1 amide bonds. The lowest BCUT2D eigenvalue weighted by Crippen LogP contribution is -2.19. The molecule has 1 N–H and O–H groups in total. The van der Waals surface area contributed by atoms with Crippen LogP contribution >= 0.6 is 31.9 Å². The molecule has 0 radical (unpaired) electrons. The standard InChI is InChI=1S/C29H21Br2NO2/c1-15-25(21-11-12-24(34-2)18-8-4-3-7-17(18)21)19-9-5-6-10-20(19)26(15)27-22-13-16(30)14-23(31)28(22)32-29(27)33/h3-14,26-27H,1-2H3,(H,32,33). The van der Waals surface area contributed by atoms with Gasteiger partial charge in [0.25, 0.3) is 0 Å².